The largest absolute Gasteiger partial charge is 0.487 e. The maximum Gasteiger partial charge on any atom is 0.269 e. The number of hydrogen-bond acceptors (Lipinski definition) is 5. The third kappa shape index (κ3) is 5.41. The molecule has 7 nitrogen and oxygen atoms in total. The summed E-state index contributed by atoms with van der Waals surface area (Å²) in [5.74, 6) is 0.113. The normalized spacial score (nSPS) is 10.9. The average molecular weight is 509 g/mol. The Kier molecular flexibility index (Phi) is 7.31. The van der Waals surface area contributed by atoms with Gasteiger partial charge >= 0.3 is 0 Å². The summed E-state index contributed by atoms with van der Waals surface area (Å²) in [4.78, 5) is 23.7. The lowest BCUT2D eigenvalue weighted by molar-refractivity contribution is -0.384. The number of halogens is 2. The first kappa shape index (κ1) is 21.6. The van der Waals surface area contributed by atoms with Crippen molar-refractivity contribution in [1.29, 1.82) is 5.26 Å². The first-order valence-electron chi connectivity index (χ1n) is 7.91. The molecule has 0 aliphatic rings. The van der Waals surface area contributed by atoms with E-state index in [1.165, 1.54) is 23.1 Å². The van der Waals surface area contributed by atoms with Crippen molar-refractivity contribution < 1.29 is 14.5 Å². The molecule has 0 unspecified atom stereocenters. The number of ether oxygens (including phenoxy) is 1. The van der Waals surface area contributed by atoms with Crippen molar-refractivity contribution in [3.63, 3.8) is 0 Å². The van der Waals surface area contributed by atoms with Crippen LogP contribution >= 0.6 is 31.9 Å². The average Bonchev–Trinajstić information content (AvgIpc) is 2.65. The Morgan fingerprint density at radius 2 is 1.93 bits per heavy atom. The highest BCUT2D eigenvalue weighted by atomic mass is 79.9. The molecule has 0 aromatic heterocycles. The van der Waals surface area contributed by atoms with Gasteiger partial charge in [0.25, 0.3) is 11.6 Å². The quantitative estimate of drug-likeness (QED) is 0.244. The van der Waals surface area contributed by atoms with Gasteiger partial charge in [0, 0.05) is 26.2 Å². The van der Waals surface area contributed by atoms with Crippen LogP contribution in [0.3, 0.4) is 0 Å². The lowest BCUT2D eigenvalue weighted by Gasteiger charge is -2.12. The third-order valence-corrected chi connectivity index (χ3v) is 4.77. The minimum atomic E-state index is -0.460. The molecule has 0 saturated heterocycles. The molecule has 0 atom stereocenters. The number of nitro groups is 1. The van der Waals surface area contributed by atoms with Gasteiger partial charge in [-0.05, 0) is 61.2 Å². The van der Waals surface area contributed by atoms with Crippen molar-refractivity contribution in [2.24, 2.45) is 0 Å². The fourth-order valence-electron chi connectivity index (χ4n) is 2.27. The number of nitriles is 1. The first-order chi connectivity index (χ1) is 13.2. The summed E-state index contributed by atoms with van der Waals surface area (Å²) in [6.07, 6.45) is 1.49. The van der Waals surface area contributed by atoms with E-state index in [0.717, 1.165) is 0 Å². The minimum Gasteiger partial charge on any atom is -0.487 e. The number of nitrogens with zero attached hydrogens (tertiary/aromatic N) is 3. The van der Waals surface area contributed by atoms with Crippen LogP contribution in [0.5, 0.6) is 5.75 Å². The molecule has 28 heavy (non-hydrogen) atoms. The summed E-state index contributed by atoms with van der Waals surface area (Å²) < 4.78 is 6.99. The van der Waals surface area contributed by atoms with E-state index < -0.39 is 4.92 Å². The van der Waals surface area contributed by atoms with Crippen LogP contribution in [0.4, 0.5) is 5.69 Å². The number of hydrogen-bond donors (Lipinski definition) is 0. The van der Waals surface area contributed by atoms with E-state index >= 15 is 0 Å². The highest BCUT2D eigenvalue weighted by molar-refractivity contribution is 9.11. The smallest absolute Gasteiger partial charge is 0.269 e. The maximum atomic E-state index is 12.0. The molecule has 144 valence electrons. The number of benzene rings is 2. The van der Waals surface area contributed by atoms with Crippen molar-refractivity contribution in [2.45, 2.75) is 6.61 Å². The number of carbonyl (C=O) groups is 1. The van der Waals surface area contributed by atoms with Gasteiger partial charge in [-0.3, -0.25) is 14.9 Å². The zero-order chi connectivity index (χ0) is 20.8. The van der Waals surface area contributed by atoms with Crippen LogP contribution in [0.25, 0.3) is 6.08 Å². The second-order valence-electron chi connectivity index (χ2n) is 5.90. The molecule has 0 fully saturated rings. The molecule has 1 amide bonds. The highest BCUT2D eigenvalue weighted by Gasteiger charge is 2.14. The molecule has 0 N–H and O–H groups in total. The molecular weight excluding hydrogens is 494 g/mol. The van der Waals surface area contributed by atoms with Gasteiger partial charge in [0.1, 0.15) is 24.0 Å². The van der Waals surface area contributed by atoms with Crippen molar-refractivity contribution in [2.75, 3.05) is 14.1 Å². The fraction of sp³-hybridized carbons (Fsp3) is 0.158. The summed E-state index contributed by atoms with van der Waals surface area (Å²) in [7, 11) is 3.15. The van der Waals surface area contributed by atoms with Gasteiger partial charge in [-0.15, -0.1) is 0 Å². The number of non-ortho nitro benzene ring substituents is 1. The first-order valence-corrected chi connectivity index (χ1v) is 9.50. The van der Waals surface area contributed by atoms with E-state index in [4.69, 9.17) is 4.74 Å². The lowest BCUT2D eigenvalue weighted by atomic mass is 10.1. The van der Waals surface area contributed by atoms with Crippen molar-refractivity contribution in [3.05, 3.63) is 72.2 Å². The summed E-state index contributed by atoms with van der Waals surface area (Å²) in [5, 5.41) is 20.1. The Labute approximate surface area is 178 Å². The van der Waals surface area contributed by atoms with Gasteiger partial charge < -0.3 is 9.64 Å². The van der Waals surface area contributed by atoms with E-state index in [2.05, 4.69) is 31.9 Å². The number of carbonyl (C=O) groups excluding carboxylic acids is 1. The van der Waals surface area contributed by atoms with Crippen LogP contribution in [0.1, 0.15) is 11.1 Å². The SMILES string of the molecule is CN(C)C(=O)/C(C#N)=C\c1cc(Br)c(OCc2cccc([N+](=O)[O-])c2)c(Br)c1. The number of amides is 1. The van der Waals surface area contributed by atoms with Crippen LogP contribution < -0.4 is 4.74 Å². The molecule has 0 aliphatic carbocycles. The summed E-state index contributed by atoms with van der Waals surface area (Å²) in [5.41, 5.74) is 1.29. The zero-order valence-corrected chi connectivity index (χ0v) is 18.2. The zero-order valence-electron chi connectivity index (χ0n) is 15.0. The van der Waals surface area contributed by atoms with Crippen LogP contribution in [-0.4, -0.2) is 29.8 Å². The Morgan fingerprint density at radius 1 is 1.29 bits per heavy atom. The number of likely N-dealkylation sites (N-methyl/N-ethyl adjacent to an activating group) is 1. The Morgan fingerprint density at radius 3 is 2.46 bits per heavy atom. The molecule has 2 aromatic carbocycles. The summed E-state index contributed by atoms with van der Waals surface area (Å²) in [6, 6.07) is 11.5. The van der Waals surface area contributed by atoms with E-state index in [1.54, 1.807) is 38.4 Å². The van der Waals surface area contributed by atoms with Crippen molar-refractivity contribution in [1.82, 2.24) is 4.90 Å². The van der Waals surface area contributed by atoms with E-state index in [-0.39, 0.29) is 23.8 Å². The topological polar surface area (TPSA) is 96.5 Å². The molecule has 0 bridgehead atoms. The Balaban J connectivity index is 2.25. The van der Waals surface area contributed by atoms with Gasteiger partial charge in [0.05, 0.1) is 13.9 Å². The van der Waals surface area contributed by atoms with E-state index in [1.807, 2.05) is 6.07 Å². The molecule has 2 rings (SSSR count). The molecular formula is C19H15Br2N3O4. The van der Waals surface area contributed by atoms with Crippen LogP contribution in [0.15, 0.2) is 50.9 Å². The Bertz CT molecular complexity index is 974. The molecule has 0 heterocycles. The minimum absolute atomic E-state index is 0.00527. The maximum absolute atomic E-state index is 12.0. The monoisotopic (exact) mass is 507 g/mol. The lowest BCUT2D eigenvalue weighted by Crippen LogP contribution is -2.22. The van der Waals surface area contributed by atoms with Crippen LogP contribution in [0.2, 0.25) is 0 Å². The third-order valence-electron chi connectivity index (χ3n) is 3.59. The molecule has 0 saturated carbocycles. The van der Waals surface area contributed by atoms with Gasteiger partial charge in [-0.25, -0.2) is 0 Å². The molecule has 0 radical (unpaired) electrons. The number of nitro benzene ring substituents is 1. The predicted molar refractivity (Wildman–Crippen MR) is 112 cm³/mol. The predicted octanol–water partition coefficient (Wildman–Crippen LogP) is 4.69. The number of rotatable bonds is 6. The second kappa shape index (κ2) is 9.48. The highest BCUT2D eigenvalue weighted by Crippen LogP contribution is 2.36. The second-order valence-corrected chi connectivity index (χ2v) is 7.61. The van der Waals surface area contributed by atoms with Crippen molar-refractivity contribution in [3.8, 4) is 11.8 Å². The fourth-order valence-corrected chi connectivity index (χ4v) is 3.72. The van der Waals surface area contributed by atoms with Gasteiger partial charge in [0.2, 0.25) is 0 Å². The van der Waals surface area contributed by atoms with Crippen LogP contribution in [-0.2, 0) is 11.4 Å². The molecule has 0 aliphatic heterocycles. The standard InChI is InChI=1S/C19H15Br2N3O4/c1-23(2)19(25)14(10-22)6-13-8-16(20)18(17(21)9-13)28-11-12-4-3-5-15(7-12)24(26)27/h3-9H,11H2,1-2H3/b14-6-. The summed E-state index contributed by atoms with van der Waals surface area (Å²) >= 11 is 6.83. The molecule has 2 aromatic rings. The van der Waals surface area contributed by atoms with E-state index in [0.29, 0.717) is 25.8 Å². The van der Waals surface area contributed by atoms with Gasteiger partial charge in [0.15, 0.2) is 0 Å². The molecule has 0 spiro atoms. The summed E-state index contributed by atoms with van der Waals surface area (Å²) in [6.45, 7) is 0.136. The Hall–Kier alpha value is -2.70. The van der Waals surface area contributed by atoms with Gasteiger partial charge in [-0.2, -0.15) is 5.26 Å². The van der Waals surface area contributed by atoms with Crippen LogP contribution in [0, 0.1) is 21.4 Å². The molecule has 9 heteroatoms. The van der Waals surface area contributed by atoms with Crippen molar-refractivity contribution >= 4 is 49.5 Å². The van der Waals surface area contributed by atoms with Gasteiger partial charge in [-0.1, -0.05) is 12.1 Å². The van der Waals surface area contributed by atoms with E-state index in [9.17, 15) is 20.2 Å².